The van der Waals surface area contributed by atoms with Crippen LogP contribution in [0.3, 0.4) is 0 Å². The molecule has 0 aliphatic heterocycles. The first-order valence-corrected chi connectivity index (χ1v) is 8.70. The predicted molar refractivity (Wildman–Crippen MR) is 89.7 cm³/mol. The van der Waals surface area contributed by atoms with Crippen molar-refractivity contribution in [2.45, 2.75) is 52.0 Å². The smallest absolute Gasteiger partial charge is 0.180 e. The quantitative estimate of drug-likeness (QED) is 0.806. The van der Waals surface area contributed by atoms with Gasteiger partial charge in [0.2, 0.25) is 0 Å². The fraction of sp³-hybridized carbons (Fsp3) is 0.625. The maximum absolute atomic E-state index is 4.76. The van der Waals surface area contributed by atoms with Gasteiger partial charge in [-0.15, -0.1) is 0 Å². The van der Waals surface area contributed by atoms with Crippen LogP contribution in [0.15, 0.2) is 23.2 Å². The number of hydrogen-bond acceptors (Lipinski definition) is 3. The number of anilines is 1. The molecule has 0 amide bonds. The van der Waals surface area contributed by atoms with Gasteiger partial charge in [0.25, 0.3) is 0 Å². The maximum atomic E-state index is 4.76. The normalized spacial score (nSPS) is 16.2. The van der Waals surface area contributed by atoms with Gasteiger partial charge in [-0.3, -0.25) is 0 Å². The van der Waals surface area contributed by atoms with E-state index in [9.17, 15) is 0 Å². The Hall–Kier alpha value is -1.10. The Bertz CT molecular complexity index is 601. The number of halogens is 1. The summed E-state index contributed by atoms with van der Waals surface area (Å²) in [5.41, 5.74) is 0.967. The minimum absolute atomic E-state index is 0.617. The molecule has 2 aromatic rings. The largest absolute Gasteiger partial charge is 0.351 e. The number of nitrogens with zero attached hydrogens (tertiary/aromatic N) is 4. The van der Waals surface area contributed by atoms with E-state index in [-0.39, 0.29) is 0 Å². The average molecular weight is 351 g/mol. The summed E-state index contributed by atoms with van der Waals surface area (Å²) in [6.07, 6.45) is 12.2. The van der Waals surface area contributed by atoms with E-state index in [0.717, 1.165) is 22.6 Å². The second-order valence-corrected chi connectivity index (χ2v) is 7.17. The van der Waals surface area contributed by atoms with Crippen LogP contribution in [0.4, 0.5) is 5.82 Å². The molecule has 5 heteroatoms. The van der Waals surface area contributed by atoms with Crippen molar-refractivity contribution in [3.05, 3.63) is 23.2 Å². The fourth-order valence-corrected chi connectivity index (χ4v) is 3.54. The van der Waals surface area contributed by atoms with E-state index in [1.165, 1.54) is 32.1 Å². The standard InChI is InChI=1S/C16H23BrN4/c1-12(2)7-9-21(13-5-3-4-6-13)16-15-18-8-10-20(15)11-14(17)19-16/h8,10-13H,3-7,9H2,1-2H3. The van der Waals surface area contributed by atoms with E-state index >= 15 is 0 Å². The molecule has 0 spiro atoms. The van der Waals surface area contributed by atoms with Crippen molar-refractivity contribution in [1.82, 2.24) is 14.4 Å². The molecule has 1 saturated carbocycles. The topological polar surface area (TPSA) is 33.4 Å². The molecule has 1 fully saturated rings. The van der Waals surface area contributed by atoms with Crippen molar-refractivity contribution >= 4 is 27.4 Å². The molecule has 0 radical (unpaired) electrons. The molecule has 3 rings (SSSR count). The molecule has 0 saturated heterocycles. The first-order valence-electron chi connectivity index (χ1n) is 7.91. The van der Waals surface area contributed by atoms with Crippen molar-refractivity contribution in [3.63, 3.8) is 0 Å². The van der Waals surface area contributed by atoms with E-state index in [2.05, 4.69) is 44.1 Å². The van der Waals surface area contributed by atoms with Crippen LogP contribution in [0.25, 0.3) is 5.65 Å². The highest BCUT2D eigenvalue weighted by atomic mass is 79.9. The Morgan fingerprint density at radius 2 is 2.14 bits per heavy atom. The molecule has 4 nitrogen and oxygen atoms in total. The Kier molecular flexibility index (Phi) is 4.48. The van der Waals surface area contributed by atoms with Gasteiger partial charge in [0, 0.05) is 31.2 Å². The van der Waals surface area contributed by atoms with Gasteiger partial charge in [0.1, 0.15) is 4.60 Å². The zero-order valence-electron chi connectivity index (χ0n) is 12.8. The predicted octanol–water partition coefficient (Wildman–Crippen LogP) is 4.29. The molecule has 1 aliphatic carbocycles. The van der Waals surface area contributed by atoms with Gasteiger partial charge in [-0.2, -0.15) is 0 Å². The van der Waals surface area contributed by atoms with Crippen LogP contribution in [-0.2, 0) is 0 Å². The summed E-state index contributed by atoms with van der Waals surface area (Å²) in [7, 11) is 0. The third-order valence-corrected chi connectivity index (χ3v) is 4.69. The van der Waals surface area contributed by atoms with Crippen molar-refractivity contribution in [1.29, 1.82) is 0 Å². The lowest BCUT2D eigenvalue weighted by Crippen LogP contribution is -2.36. The summed E-state index contributed by atoms with van der Waals surface area (Å²) >= 11 is 3.54. The van der Waals surface area contributed by atoms with Crippen molar-refractivity contribution < 1.29 is 0 Å². The minimum atomic E-state index is 0.617. The molecule has 0 N–H and O–H groups in total. The van der Waals surface area contributed by atoms with E-state index < -0.39 is 0 Å². The summed E-state index contributed by atoms with van der Waals surface area (Å²) in [6.45, 7) is 5.63. The maximum Gasteiger partial charge on any atom is 0.180 e. The molecule has 2 aromatic heterocycles. The number of imidazole rings is 1. The van der Waals surface area contributed by atoms with Gasteiger partial charge in [0.05, 0.1) is 0 Å². The van der Waals surface area contributed by atoms with Crippen LogP contribution in [0.5, 0.6) is 0 Å². The van der Waals surface area contributed by atoms with Crippen molar-refractivity contribution in [3.8, 4) is 0 Å². The molecule has 21 heavy (non-hydrogen) atoms. The Morgan fingerprint density at radius 1 is 1.38 bits per heavy atom. The number of fused-ring (bicyclic) bond motifs is 1. The molecule has 0 bridgehead atoms. The van der Waals surface area contributed by atoms with Crippen LogP contribution in [0, 0.1) is 5.92 Å². The molecular weight excluding hydrogens is 328 g/mol. The van der Waals surface area contributed by atoms with Gasteiger partial charge in [0.15, 0.2) is 11.5 Å². The van der Waals surface area contributed by atoms with Gasteiger partial charge in [-0.1, -0.05) is 26.7 Å². The Morgan fingerprint density at radius 3 is 2.86 bits per heavy atom. The van der Waals surface area contributed by atoms with Crippen LogP contribution in [0.2, 0.25) is 0 Å². The van der Waals surface area contributed by atoms with Crippen LogP contribution in [0.1, 0.15) is 46.0 Å². The summed E-state index contributed by atoms with van der Waals surface area (Å²) < 4.78 is 2.93. The highest BCUT2D eigenvalue weighted by Gasteiger charge is 2.26. The average Bonchev–Trinajstić information content (AvgIpc) is 3.08. The third kappa shape index (κ3) is 3.23. The zero-order chi connectivity index (χ0) is 14.8. The summed E-state index contributed by atoms with van der Waals surface area (Å²) in [6, 6.07) is 0.617. The van der Waals surface area contributed by atoms with Crippen LogP contribution < -0.4 is 4.90 Å². The zero-order valence-corrected chi connectivity index (χ0v) is 14.4. The fourth-order valence-electron chi connectivity index (χ4n) is 3.15. The lowest BCUT2D eigenvalue weighted by atomic mass is 10.1. The number of aromatic nitrogens is 3. The molecule has 0 aromatic carbocycles. The molecule has 2 heterocycles. The third-order valence-electron chi connectivity index (χ3n) is 4.31. The Labute approximate surface area is 134 Å². The van der Waals surface area contributed by atoms with E-state index in [0.29, 0.717) is 12.0 Å². The lowest BCUT2D eigenvalue weighted by molar-refractivity contribution is 0.525. The first kappa shape index (κ1) is 14.8. The number of hydrogen-bond donors (Lipinski definition) is 0. The van der Waals surface area contributed by atoms with Crippen molar-refractivity contribution in [2.75, 3.05) is 11.4 Å². The van der Waals surface area contributed by atoms with Gasteiger partial charge in [-0.05, 0) is 41.1 Å². The SMILES string of the molecule is CC(C)CCN(c1nc(Br)cn2ccnc12)C1CCCC1. The Balaban J connectivity index is 1.98. The molecular formula is C16H23BrN4. The van der Waals surface area contributed by atoms with Crippen LogP contribution >= 0.6 is 15.9 Å². The van der Waals surface area contributed by atoms with Gasteiger partial charge in [-0.25, -0.2) is 9.97 Å². The van der Waals surface area contributed by atoms with E-state index in [1.807, 2.05) is 18.6 Å². The molecule has 0 atom stereocenters. The van der Waals surface area contributed by atoms with Gasteiger partial charge >= 0.3 is 0 Å². The monoisotopic (exact) mass is 350 g/mol. The number of rotatable bonds is 5. The summed E-state index contributed by atoms with van der Waals surface area (Å²) in [4.78, 5) is 11.8. The van der Waals surface area contributed by atoms with Crippen molar-refractivity contribution in [2.24, 2.45) is 5.92 Å². The lowest BCUT2D eigenvalue weighted by Gasteiger charge is -2.31. The van der Waals surface area contributed by atoms with E-state index in [4.69, 9.17) is 4.98 Å². The first-order chi connectivity index (χ1) is 10.1. The van der Waals surface area contributed by atoms with Crippen LogP contribution in [-0.4, -0.2) is 27.0 Å². The second-order valence-electron chi connectivity index (χ2n) is 6.36. The highest BCUT2D eigenvalue weighted by molar-refractivity contribution is 9.10. The second kappa shape index (κ2) is 6.34. The minimum Gasteiger partial charge on any atom is -0.351 e. The van der Waals surface area contributed by atoms with Gasteiger partial charge < -0.3 is 9.30 Å². The summed E-state index contributed by atoms with van der Waals surface area (Å²) in [5, 5.41) is 0. The van der Waals surface area contributed by atoms with E-state index in [1.54, 1.807) is 0 Å². The highest BCUT2D eigenvalue weighted by Crippen LogP contribution is 2.30. The molecule has 1 aliphatic rings. The summed E-state index contributed by atoms with van der Waals surface area (Å²) in [5.74, 6) is 1.73. The molecule has 114 valence electrons. The molecule has 0 unspecified atom stereocenters.